The van der Waals surface area contributed by atoms with E-state index in [1.54, 1.807) is 38.2 Å². The molecule has 10 nitrogen and oxygen atoms in total. The Balaban J connectivity index is 1.53. The van der Waals surface area contributed by atoms with Crippen molar-refractivity contribution in [3.05, 3.63) is 47.6 Å². The molecule has 0 amide bonds. The first-order valence-electron chi connectivity index (χ1n) is 13.4. The van der Waals surface area contributed by atoms with Gasteiger partial charge in [-0.05, 0) is 39.2 Å². The summed E-state index contributed by atoms with van der Waals surface area (Å²) in [5, 5.41) is 19.7. The van der Waals surface area contributed by atoms with Gasteiger partial charge in [-0.25, -0.2) is 14.4 Å². The lowest BCUT2D eigenvalue weighted by Gasteiger charge is -2.58. The minimum Gasteiger partial charge on any atom is -0.478 e. The number of esters is 2. The molecule has 3 aliphatic heterocycles. The number of aliphatic hydroxyl groups excluding tert-OH is 1. The highest BCUT2D eigenvalue weighted by Gasteiger charge is 2.83. The number of ether oxygens (including phenoxy) is 5. The number of rotatable bonds is 2. The summed E-state index contributed by atoms with van der Waals surface area (Å²) < 4.78 is 30.2. The number of carbonyl (C=O) groups excluding carboxylic acids is 2. The normalized spacial score (nSPS) is 44.3. The maximum Gasteiger partial charge on any atom is 0.331 e. The molecule has 0 radical (unpaired) electrons. The van der Waals surface area contributed by atoms with Crippen molar-refractivity contribution in [3.8, 4) is 0 Å². The standard InChI is InChI=1S/C29H36O10/c1-17-9-11-35-20(18(2)30)6-4-5-7-24(31)39-21-14-23-29(16-37-29)27(21,3)28(15-36-25(32)12-17)10-8-19(26(33)34)13-22(28)38-23/h4-7,12-13,18,20-23,30H,8-11,14-16H2,1-3H3,(H,33,34)/b6-4-,7-5-,17-12-/t18?,20?,21?,22-,23-,27-,28-,29+/m1/s1. The summed E-state index contributed by atoms with van der Waals surface area (Å²) in [6, 6.07) is 0. The third-order valence-electron chi connectivity index (χ3n) is 9.31. The van der Waals surface area contributed by atoms with Crippen LogP contribution in [0.25, 0.3) is 0 Å². The van der Waals surface area contributed by atoms with Crippen LogP contribution >= 0.6 is 0 Å². The lowest BCUT2D eigenvalue weighted by Crippen LogP contribution is -2.67. The van der Waals surface area contributed by atoms with Crippen molar-refractivity contribution in [1.82, 2.24) is 0 Å². The molecule has 212 valence electrons. The molecule has 2 spiro atoms. The van der Waals surface area contributed by atoms with E-state index in [2.05, 4.69) is 0 Å². The molecule has 2 saturated heterocycles. The summed E-state index contributed by atoms with van der Waals surface area (Å²) >= 11 is 0. The minimum atomic E-state index is -1.01. The monoisotopic (exact) mass is 544 g/mol. The van der Waals surface area contributed by atoms with Crippen LogP contribution in [-0.2, 0) is 38.1 Å². The third-order valence-corrected chi connectivity index (χ3v) is 9.31. The van der Waals surface area contributed by atoms with Crippen LogP contribution < -0.4 is 0 Å². The summed E-state index contributed by atoms with van der Waals surface area (Å²) in [7, 11) is 0. The van der Waals surface area contributed by atoms with Crippen molar-refractivity contribution in [3.63, 3.8) is 0 Å². The van der Waals surface area contributed by atoms with Gasteiger partial charge in [-0.15, -0.1) is 0 Å². The first-order chi connectivity index (χ1) is 18.5. The zero-order valence-corrected chi connectivity index (χ0v) is 22.5. The van der Waals surface area contributed by atoms with Crippen LogP contribution in [0.1, 0.15) is 46.5 Å². The molecule has 10 heteroatoms. The lowest BCUT2D eigenvalue weighted by molar-refractivity contribution is -0.232. The minimum absolute atomic E-state index is 0.0504. The molecule has 39 heavy (non-hydrogen) atoms. The maximum atomic E-state index is 12.9. The SMILES string of the molecule is C/C1=C/C(=O)OC[C@]23CCC(C(=O)O)=C[C@H]2O[C@@H]2CC(OC(=O)/C=C\C=C/C(C(C)O)OCC1)[C@@]3(C)[C@]21CO1. The van der Waals surface area contributed by atoms with Crippen LogP contribution in [-0.4, -0.2) is 84.1 Å². The average molecular weight is 545 g/mol. The first-order valence-corrected chi connectivity index (χ1v) is 13.4. The van der Waals surface area contributed by atoms with E-state index in [-0.39, 0.29) is 25.2 Å². The van der Waals surface area contributed by atoms with Crippen molar-refractivity contribution >= 4 is 17.9 Å². The second-order valence-electron chi connectivity index (χ2n) is 11.4. The van der Waals surface area contributed by atoms with Gasteiger partial charge >= 0.3 is 17.9 Å². The van der Waals surface area contributed by atoms with Crippen LogP contribution in [0.2, 0.25) is 0 Å². The van der Waals surface area contributed by atoms with Gasteiger partial charge in [0.1, 0.15) is 24.4 Å². The van der Waals surface area contributed by atoms with Gasteiger partial charge < -0.3 is 33.9 Å². The van der Waals surface area contributed by atoms with E-state index in [0.29, 0.717) is 25.9 Å². The van der Waals surface area contributed by atoms with Gasteiger partial charge in [-0.1, -0.05) is 30.7 Å². The highest BCUT2D eigenvalue weighted by molar-refractivity contribution is 5.87. The molecule has 2 aliphatic carbocycles. The largest absolute Gasteiger partial charge is 0.478 e. The van der Waals surface area contributed by atoms with E-state index in [0.717, 1.165) is 5.57 Å². The van der Waals surface area contributed by atoms with E-state index in [4.69, 9.17) is 23.7 Å². The van der Waals surface area contributed by atoms with Crippen molar-refractivity contribution in [2.75, 3.05) is 19.8 Å². The van der Waals surface area contributed by atoms with E-state index >= 15 is 0 Å². The maximum absolute atomic E-state index is 12.9. The van der Waals surface area contributed by atoms with Crippen molar-refractivity contribution in [2.24, 2.45) is 10.8 Å². The fourth-order valence-electron chi connectivity index (χ4n) is 6.89. The quantitative estimate of drug-likeness (QED) is 0.393. The number of aliphatic carboxylic acids is 1. The van der Waals surface area contributed by atoms with Crippen LogP contribution in [0.5, 0.6) is 0 Å². The fourth-order valence-corrected chi connectivity index (χ4v) is 6.89. The Hall–Kier alpha value is -2.79. The first kappa shape index (κ1) is 27.8. The van der Waals surface area contributed by atoms with Gasteiger partial charge in [0.2, 0.25) is 0 Å². The lowest BCUT2D eigenvalue weighted by atomic mass is 9.51. The highest BCUT2D eigenvalue weighted by Crippen LogP contribution is 2.72. The predicted octanol–water partition coefficient (Wildman–Crippen LogP) is 2.41. The summed E-state index contributed by atoms with van der Waals surface area (Å²) in [6.07, 6.45) is 7.60. The molecule has 3 fully saturated rings. The second kappa shape index (κ2) is 10.3. The summed E-state index contributed by atoms with van der Waals surface area (Å²) in [6.45, 7) is 6.04. The van der Waals surface area contributed by atoms with Crippen molar-refractivity contribution < 1.29 is 48.3 Å². The molecule has 3 unspecified atom stereocenters. The Morgan fingerprint density at radius 1 is 1.13 bits per heavy atom. The number of aliphatic hydroxyl groups is 1. The fraction of sp³-hybridized carbons (Fsp3) is 0.621. The van der Waals surface area contributed by atoms with Crippen LogP contribution in [0.3, 0.4) is 0 Å². The van der Waals surface area contributed by atoms with Crippen LogP contribution in [0.15, 0.2) is 47.6 Å². The molecule has 2 N–H and O–H groups in total. The summed E-state index contributed by atoms with van der Waals surface area (Å²) in [4.78, 5) is 37.7. The number of allylic oxidation sites excluding steroid dienone is 2. The smallest absolute Gasteiger partial charge is 0.331 e. The number of hydrogen-bond donors (Lipinski definition) is 2. The molecule has 3 heterocycles. The Morgan fingerprint density at radius 3 is 2.59 bits per heavy atom. The molecule has 1 saturated carbocycles. The van der Waals surface area contributed by atoms with Crippen LogP contribution in [0, 0.1) is 10.8 Å². The Labute approximate surface area is 227 Å². The van der Waals surface area contributed by atoms with Crippen molar-refractivity contribution in [2.45, 2.75) is 82.6 Å². The number of carboxylic acids is 1. The summed E-state index contributed by atoms with van der Waals surface area (Å²) in [5.41, 5.74) is -1.39. The van der Waals surface area contributed by atoms with Gasteiger partial charge in [0.25, 0.3) is 0 Å². The molecule has 8 atom stereocenters. The molecular formula is C29H36O10. The average Bonchev–Trinajstić information content (AvgIpc) is 3.66. The third kappa shape index (κ3) is 4.67. The Bertz CT molecular complexity index is 1140. The molecule has 0 aromatic heterocycles. The molecule has 0 aromatic carbocycles. The van der Waals surface area contributed by atoms with Gasteiger partial charge in [0.15, 0.2) is 0 Å². The van der Waals surface area contributed by atoms with Gasteiger partial charge in [0.05, 0.1) is 36.9 Å². The number of cyclic esters (lactones) is 1. The van der Waals surface area contributed by atoms with Gasteiger partial charge in [-0.2, -0.15) is 0 Å². The Kier molecular flexibility index (Phi) is 7.34. The van der Waals surface area contributed by atoms with E-state index in [1.165, 1.54) is 12.2 Å². The molecule has 5 rings (SSSR count). The number of hydrogen-bond acceptors (Lipinski definition) is 9. The van der Waals surface area contributed by atoms with E-state index < -0.39 is 64.9 Å². The number of carbonyl (C=O) groups is 3. The molecule has 0 aromatic rings. The zero-order valence-electron chi connectivity index (χ0n) is 22.5. The topological polar surface area (TPSA) is 141 Å². The summed E-state index contributed by atoms with van der Waals surface area (Å²) in [5.74, 6) is -2.09. The molecular weight excluding hydrogens is 508 g/mol. The number of epoxide rings is 1. The van der Waals surface area contributed by atoms with Gasteiger partial charge in [-0.3, -0.25) is 0 Å². The zero-order chi connectivity index (χ0) is 28.0. The second-order valence-corrected chi connectivity index (χ2v) is 11.4. The van der Waals surface area contributed by atoms with Crippen LogP contribution in [0.4, 0.5) is 0 Å². The highest BCUT2D eigenvalue weighted by atomic mass is 16.6. The van der Waals surface area contributed by atoms with E-state index in [9.17, 15) is 24.6 Å². The van der Waals surface area contributed by atoms with Crippen molar-refractivity contribution in [1.29, 1.82) is 0 Å². The molecule has 2 bridgehead atoms. The number of carboxylic acid groups (broad SMARTS) is 1. The Morgan fingerprint density at radius 2 is 1.90 bits per heavy atom. The predicted molar refractivity (Wildman–Crippen MR) is 136 cm³/mol. The van der Waals surface area contributed by atoms with E-state index in [1.807, 2.05) is 6.92 Å². The molecule has 5 aliphatic rings. The van der Waals surface area contributed by atoms with Gasteiger partial charge in [0, 0.05) is 29.6 Å².